The molecular formula is C22H34N2O3. The fourth-order valence-electron chi connectivity index (χ4n) is 5.80. The molecule has 4 rings (SSSR count). The van der Waals surface area contributed by atoms with Crippen molar-refractivity contribution in [2.24, 2.45) is 28.3 Å². The fourth-order valence-corrected chi connectivity index (χ4v) is 5.80. The Morgan fingerprint density at radius 2 is 2.00 bits per heavy atom. The molecule has 3 saturated carbocycles. The zero-order chi connectivity index (χ0) is 19.4. The minimum absolute atomic E-state index is 0.0270. The van der Waals surface area contributed by atoms with Crippen LogP contribution in [0.4, 0.5) is 0 Å². The number of Topliss-reactive ketones (excluding diaryl/α,β-unsaturated/α-hetero) is 1. The Morgan fingerprint density at radius 3 is 2.63 bits per heavy atom. The summed E-state index contributed by atoms with van der Waals surface area (Å²) in [5.41, 5.74) is 0.894. The van der Waals surface area contributed by atoms with Crippen molar-refractivity contribution in [2.45, 2.75) is 96.6 Å². The van der Waals surface area contributed by atoms with E-state index in [0.717, 1.165) is 57.1 Å². The maximum atomic E-state index is 12.9. The topological polar surface area (TPSA) is 67.8 Å². The molecule has 4 aliphatic rings. The van der Waals surface area contributed by atoms with Crippen molar-refractivity contribution in [2.75, 3.05) is 0 Å². The Labute approximate surface area is 162 Å². The van der Waals surface area contributed by atoms with Crippen LogP contribution in [0.2, 0.25) is 0 Å². The average Bonchev–Trinajstić information content (AvgIpc) is 3.04. The number of carbonyl (C=O) groups is 2. The van der Waals surface area contributed by atoms with Gasteiger partial charge in [0, 0.05) is 30.2 Å². The van der Waals surface area contributed by atoms with Gasteiger partial charge in [0.2, 0.25) is 5.91 Å². The predicted octanol–water partition coefficient (Wildman–Crippen LogP) is 4.00. The molecular weight excluding hydrogens is 340 g/mol. The number of hydrogen-bond acceptors (Lipinski definition) is 4. The van der Waals surface area contributed by atoms with Crippen molar-refractivity contribution in [3.05, 3.63) is 0 Å². The second-order valence-electron chi connectivity index (χ2n) is 10.7. The molecule has 0 bridgehead atoms. The van der Waals surface area contributed by atoms with Crippen LogP contribution in [0.3, 0.4) is 0 Å². The quantitative estimate of drug-likeness (QED) is 0.809. The average molecular weight is 375 g/mol. The molecule has 1 N–H and O–H groups in total. The van der Waals surface area contributed by atoms with Crippen molar-refractivity contribution in [3.8, 4) is 0 Å². The van der Waals surface area contributed by atoms with E-state index in [4.69, 9.17) is 4.84 Å². The van der Waals surface area contributed by atoms with Gasteiger partial charge in [-0.3, -0.25) is 9.59 Å². The van der Waals surface area contributed by atoms with Gasteiger partial charge in [-0.2, -0.15) is 0 Å². The number of nitrogens with zero attached hydrogens (tertiary/aromatic N) is 1. The van der Waals surface area contributed by atoms with E-state index in [1.54, 1.807) is 0 Å². The molecule has 3 aliphatic carbocycles. The molecule has 0 unspecified atom stereocenters. The smallest absolute Gasteiger partial charge is 0.224 e. The first-order valence-corrected chi connectivity index (χ1v) is 10.7. The van der Waals surface area contributed by atoms with E-state index in [-0.39, 0.29) is 34.3 Å². The Hall–Kier alpha value is -1.39. The highest BCUT2D eigenvalue weighted by Gasteiger charge is 2.56. The Bertz CT molecular complexity index is 674. The molecule has 5 heteroatoms. The maximum Gasteiger partial charge on any atom is 0.224 e. The molecule has 1 spiro atoms. The second-order valence-corrected chi connectivity index (χ2v) is 10.7. The summed E-state index contributed by atoms with van der Waals surface area (Å²) in [4.78, 5) is 31.3. The van der Waals surface area contributed by atoms with E-state index in [9.17, 15) is 9.59 Å². The number of fused-ring (bicyclic) bond motifs is 1. The Morgan fingerprint density at radius 1 is 1.26 bits per heavy atom. The number of nitrogens with one attached hydrogen (secondary N) is 1. The number of carbonyl (C=O) groups excluding carboxylic acids is 2. The number of amides is 1. The van der Waals surface area contributed by atoms with E-state index in [2.05, 4.69) is 17.4 Å². The lowest BCUT2D eigenvalue weighted by atomic mass is 9.60. The SMILES string of the molecule is CC(C)(C)NC(=O)[C@H]1CC[C@H]2[C@H](CCC3=NOC4(CC4)C3)C(=O)CC[C@]12C. The lowest BCUT2D eigenvalue weighted by Gasteiger charge is -2.44. The molecule has 0 aromatic heterocycles. The van der Waals surface area contributed by atoms with Gasteiger partial charge in [0.15, 0.2) is 0 Å². The van der Waals surface area contributed by atoms with Gasteiger partial charge in [0.05, 0.1) is 5.71 Å². The number of ketones is 1. The monoisotopic (exact) mass is 374 g/mol. The number of oxime groups is 1. The molecule has 0 saturated heterocycles. The zero-order valence-electron chi connectivity index (χ0n) is 17.3. The second kappa shape index (κ2) is 6.31. The van der Waals surface area contributed by atoms with Crippen LogP contribution < -0.4 is 5.32 Å². The molecule has 0 radical (unpaired) electrons. The predicted molar refractivity (Wildman–Crippen MR) is 104 cm³/mol. The third-order valence-electron chi connectivity index (χ3n) is 7.48. The Kier molecular flexibility index (Phi) is 4.43. The summed E-state index contributed by atoms with van der Waals surface area (Å²) in [6, 6.07) is 0. The van der Waals surface area contributed by atoms with Gasteiger partial charge in [-0.25, -0.2) is 0 Å². The zero-order valence-corrected chi connectivity index (χ0v) is 17.3. The van der Waals surface area contributed by atoms with Gasteiger partial charge in [0.25, 0.3) is 0 Å². The van der Waals surface area contributed by atoms with Gasteiger partial charge < -0.3 is 10.2 Å². The molecule has 1 aliphatic heterocycles. The summed E-state index contributed by atoms with van der Waals surface area (Å²) >= 11 is 0. The summed E-state index contributed by atoms with van der Waals surface area (Å²) in [5, 5.41) is 7.47. The maximum absolute atomic E-state index is 12.9. The van der Waals surface area contributed by atoms with Crippen LogP contribution in [0.1, 0.15) is 85.5 Å². The van der Waals surface area contributed by atoms with Crippen LogP contribution in [0.15, 0.2) is 5.16 Å². The molecule has 5 nitrogen and oxygen atoms in total. The lowest BCUT2D eigenvalue weighted by Crippen LogP contribution is -2.50. The highest BCUT2D eigenvalue weighted by molar-refractivity contribution is 5.88. The van der Waals surface area contributed by atoms with Crippen LogP contribution in [0, 0.1) is 23.2 Å². The van der Waals surface area contributed by atoms with Crippen molar-refractivity contribution in [3.63, 3.8) is 0 Å². The normalized spacial score (nSPS) is 37.0. The van der Waals surface area contributed by atoms with Gasteiger partial charge in [0.1, 0.15) is 11.4 Å². The first-order valence-electron chi connectivity index (χ1n) is 10.7. The molecule has 4 atom stereocenters. The minimum atomic E-state index is -0.213. The molecule has 0 aromatic rings. The first kappa shape index (κ1) is 18.9. The summed E-state index contributed by atoms with van der Waals surface area (Å²) in [6.45, 7) is 8.35. The van der Waals surface area contributed by atoms with Crippen LogP contribution >= 0.6 is 0 Å². The van der Waals surface area contributed by atoms with Crippen molar-refractivity contribution in [1.82, 2.24) is 5.32 Å². The summed E-state index contributed by atoms with van der Waals surface area (Å²) in [6.07, 6.45) is 8.27. The van der Waals surface area contributed by atoms with Crippen LogP contribution in [0.5, 0.6) is 0 Å². The van der Waals surface area contributed by atoms with E-state index < -0.39 is 0 Å². The molecule has 1 amide bonds. The van der Waals surface area contributed by atoms with Gasteiger partial charge in [-0.15, -0.1) is 0 Å². The number of rotatable bonds is 4. The van der Waals surface area contributed by atoms with Crippen molar-refractivity contribution in [1.29, 1.82) is 0 Å². The van der Waals surface area contributed by atoms with Crippen LogP contribution in [0.25, 0.3) is 0 Å². The van der Waals surface area contributed by atoms with Crippen LogP contribution in [-0.4, -0.2) is 28.5 Å². The van der Waals surface area contributed by atoms with E-state index in [1.807, 2.05) is 20.8 Å². The summed E-state index contributed by atoms with van der Waals surface area (Å²) < 4.78 is 0. The lowest BCUT2D eigenvalue weighted by molar-refractivity contribution is -0.138. The Balaban J connectivity index is 1.43. The minimum Gasteiger partial charge on any atom is -0.389 e. The van der Waals surface area contributed by atoms with Gasteiger partial charge in [-0.05, 0) is 77.0 Å². The third-order valence-corrected chi connectivity index (χ3v) is 7.48. The molecule has 1 heterocycles. The van der Waals surface area contributed by atoms with E-state index in [1.165, 1.54) is 0 Å². The molecule has 3 fully saturated rings. The highest BCUT2D eigenvalue weighted by Crippen LogP contribution is 2.57. The molecule has 27 heavy (non-hydrogen) atoms. The van der Waals surface area contributed by atoms with Crippen LogP contribution in [-0.2, 0) is 14.4 Å². The van der Waals surface area contributed by atoms with Gasteiger partial charge >= 0.3 is 0 Å². The molecule has 150 valence electrons. The molecule has 0 aromatic carbocycles. The largest absolute Gasteiger partial charge is 0.389 e. The summed E-state index contributed by atoms with van der Waals surface area (Å²) in [5.74, 6) is 1.00. The fraction of sp³-hybridized carbons (Fsp3) is 0.864. The van der Waals surface area contributed by atoms with E-state index >= 15 is 0 Å². The summed E-state index contributed by atoms with van der Waals surface area (Å²) in [7, 11) is 0. The highest BCUT2D eigenvalue weighted by atomic mass is 16.7. The number of hydrogen-bond donors (Lipinski definition) is 1. The standard InChI is InChI=1S/C22H34N2O3/c1-20(2,3)23-19(26)17-8-7-16-15(18(25)9-10-21(16,17)4)6-5-14-13-22(11-12-22)27-24-14/h15-17H,5-13H2,1-4H3,(H,23,26)/t15-,16-,17+,21-/m0/s1. The first-order chi connectivity index (χ1) is 12.6. The van der Waals surface area contributed by atoms with E-state index in [0.29, 0.717) is 18.1 Å². The third kappa shape index (κ3) is 3.54. The van der Waals surface area contributed by atoms with Gasteiger partial charge in [-0.1, -0.05) is 12.1 Å². The van der Waals surface area contributed by atoms with Crippen molar-refractivity contribution >= 4 is 17.4 Å². The van der Waals surface area contributed by atoms with Crippen molar-refractivity contribution < 1.29 is 14.4 Å².